The Morgan fingerprint density at radius 1 is 1.42 bits per heavy atom. The lowest BCUT2D eigenvalue weighted by molar-refractivity contribution is 0.0813. The molecule has 19 heavy (non-hydrogen) atoms. The Morgan fingerprint density at radius 3 is 2.74 bits per heavy atom. The van der Waals surface area contributed by atoms with Crippen LogP contribution in [0.25, 0.3) is 0 Å². The third kappa shape index (κ3) is 6.24. The van der Waals surface area contributed by atoms with Gasteiger partial charge in [0.25, 0.3) is 0 Å². The molecule has 0 aromatic rings. The molecule has 0 aromatic heterocycles. The average molecular weight is 270 g/mol. The number of piperidine rings is 1. The maximum absolute atomic E-state index is 9.33. The Bertz CT molecular complexity index is 245. The second-order valence-corrected chi connectivity index (χ2v) is 7.11. The van der Waals surface area contributed by atoms with Gasteiger partial charge in [0, 0.05) is 26.2 Å². The van der Waals surface area contributed by atoms with Crippen LogP contribution < -0.4 is 5.32 Å². The molecule has 0 saturated carbocycles. The highest BCUT2D eigenvalue weighted by Crippen LogP contribution is 2.25. The van der Waals surface area contributed by atoms with E-state index in [1.54, 1.807) is 0 Å². The van der Waals surface area contributed by atoms with Crippen LogP contribution in [0.4, 0.5) is 0 Å². The van der Waals surface area contributed by atoms with E-state index in [-0.39, 0.29) is 0 Å². The van der Waals surface area contributed by atoms with E-state index in [1.807, 2.05) is 0 Å². The zero-order valence-electron chi connectivity index (χ0n) is 13.4. The highest BCUT2D eigenvalue weighted by molar-refractivity contribution is 4.83. The number of rotatable bonds is 8. The SMILES string of the molecule is CCC(C)(CNCC(C)C)CN1CCCC(CO)C1. The maximum Gasteiger partial charge on any atom is 0.0471 e. The van der Waals surface area contributed by atoms with Crippen LogP contribution in [-0.4, -0.2) is 49.3 Å². The second kappa shape index (κ2) is 8.23. The first-order valence-corrected chi connectivity index (χ1v) is 8.03. The summed E-state index contributed by atoms with van der Waals surface area (Å²) in [7, 11) is 0. The van der Waals surface area contributed by atoms with Crippen LogP contribution in [0.15, 0.2) is 0 Å². The van der Waals surface area contributed by atoms with Gasteiger partial charge in [-0.3, -0.25) is 0 Å². The second-order valence-electron chi connectivity index (χ2n) is 7.11. The first-order valence-electron chi connectivity index (χ1n) is 8.03. The molecule has 114 valence electrons. The van der Waals surface area contributed by atoms with E-state index in [4.69, 9.17) is 0 Å². The Hall–Kier alpha value is -0.120. The van der Waals surface area contributed by atoms with E-state index >= 15 is 0 Å². The van der Waals surface area contributed by atoms with Crippen molar-refractivity contribution < 1.29 is 5.11 Å². The number of hydrogen-bond acceptors (Lipinski definition) is 3. The van der Waals surface area contributed by atoms with Crippen molar-refractivity contribution in [3.8, 4) is 0 Å². The molecule has 0 aromatic carbocycles. The summed E-state index contributed by atoms with van der Waals surface area (Å²) in [6, 6.07) is 0. The summed E-state index contributed by atoms with van der Waals surface area (Å²) in [5.41, 5.74) is 0.353. The summed E-state index contributed by atoms with van der Waals surface area (Å²) in [5.74, 6) is 1.22. The molecule has 2 unspecified atom stereocenters. The molecule has 0 amide bonds. The van der Waals surface area contributed by atoms with Gasteiger partial charge in [-0.1, -0.05) is 27.7 Å². The Kier molecular flexibility index (Phi) is 7.33. The van der Waals surface area contributed by atoms with Crippen LogP contribution in [-0.2, 0) is 0 Å². The van der Waals surface area contributed by atoms with Crippen LogP contribution in [0.3, 0.4) is 0 Å². The summed E-state index contributed by atoms with van der Waals surface area (Å²) in [5, 5.41) is 12.9. The summed E-state index contributed by atoms with van der Waals surface area (Å²) in [4.78, 5) is 2.56. The molecule has 2 N–H and O–H groups in total. The van der Waals surface area contributed by atoms with E-state index in [1.165, 1.54) is 25.8 Å². The first kappa shape index (κ1) is 16.9. The normalized spacial score (nSPS) is 24.6. The fraction of sp³-hybridized carbons (Fsp3) is 1.00. The zero-order valence-corrected chi connectivity index (χ0v) is 13.4. The quantitative estimate of drug-likeness (QED) is 0.711. The minimum absolute atomic E-state index is 0.352. The summed E-state index contributed by atoms with van der Waals surface area (Å²) < 4.78 is 0. The topological polar surface area (TPSA) is 35.5 Å². The van der Waals surface area contributed by atoms with Gasteiger partial charge in [-0.05, 0) is 49.6 Å². The molecule has 2 atom stereocenters. The smallest absolute Gasteiger partial charge is 0.0471 e. The molecule has 1 fully saturated rings. The van der Waals surface area contributed by atoms with Gasteiger partial charge in [0.15, 0.2) is 0 Å². The molecular weight excluding hydrogens is 236 g/mol. The van der Waals surface area contributed by atoms with Crippen molar-refractivity contribution in [1.82, 2.24) is 10.2 Å². The Morgan fingerprint density at radius 2 is 2.16 bits per heavy atom. The fourth-order valence-corrected chi connectivity index (χ4v) is 2.94. The average Bonchev–Trinajstić information content (AvgIpc) is 2.38. The number of aliphatic hydroxyl groups excluding tert-OH is 1. The van der Waals surface area contributed by atoms with Crippen LogP contribution in [0, 0.1) is 17.3 Å². The molecule has 0 radical (unpaired) electrons. The molecular formula is C16H34N2O. The van der Waals surface area contributed by atoms with Gasteiger partial charge < -0.3 is 15.3 Å². The van der Waals surface area contributed by atoms with Gasteiger partial charge in [0.2, 0.25) is 0 Å². The predicted molar refractivity (Wildman–Crippen MR) is 82.4 cm³/mol. The van der Waals surface area contributed by atoms with E-state index in [2.05, 4.69) is 37.9 Å². The molecule has 1 aliphatic rings. The van der Waals surface area contributed by atoms with Crippen LogP contribution in [0.1, 0.15) is 47.0 Å². The van der Waals surface area contributed by atoms with Crippen LogP contribution in [0.2, 0.25) is 0 Å². The Balaban J connectivity index is 2.40. The van der Waals surface area contributed by atoms with Gasteiger partial charge in [0.1, 0.15) is 0 Å². The van der Waals surface area contributed by atoms with Gasteiger partial charge in [-0.25, -0.2) is 0 Å². The third-order valence-electron chi connectivity index (χ3n) is 4.42. The lowest BCUT2D eigenvalue weighted by atomic mass is 9.85. The first-order chi connectivity index (χ1) is 8.99. The van der Waals surface area contributed by atoms with Crippen molar-refractivity contribution in [3.05, 3.63) is 0 Å². The molecule has 3 heteroatoms. The van der Waals surface area contributed by atoms with Crippen LogP contribution in [0.5, 0.6) is 0 Å². The molecule has 0 spiro atoms. The third-order valence-corrected chi connectivity index (χ3v) is 4.42. The number of nitrogens with one attached hydrogen (secondary N) is 1. The Labute approximate surface area is 119 Å². The fourth-order valence-electron chi connectivity index (χ4n) is 2.94. The minimum Gasteiger partial charge on any atom is -0.396 e. The maximum atomic E-state index is 9.33. The molecule has 0 aliphatic carbocycles. The zero-order chi connectivity index (χ0) is 14.3. The lowest BCUT2D eigenvalue weighted by Gasteiger charge is -2.39. The van der Waals surface area contributed by atoms with E-state index in [0.717, 1.165) is 32.1 Å². The van der Waals surface area contributed by atoms with Crippen molar-refractivity contribution in [2.24, 2.45) is 17.3 Å². The molecule has 0 bridgehead atoms. The molecule has 1 aliphatic heterocycles. The van der Waals surface area contributed by atoms with E-state index in [0.29, 0.717) is 17.9 Å². The van der Waals surface area contributed by atoms with Crippen molar-refractivity contribution in [2.45, 2.75) is 47.0 Å². The van der Waals surface area contributed by atoms with Gasteiger partial charge >= 0.3 is 0 Å². The number of aliphatic hydroxyl groups is 1. The monoisotopic (exact) mass is 270 g/mol. The van der Waals surface area contributed by atoms with E-state index < -0.39 is 0 Å². The van der Waals surface area contributed by atoms with Crippen LogP contribution >= 0.6 is 0 Å². The molecule has 3 nitrogen and oxygen atoms in total. The van der Waals surface area contributed by atoms with Crippen molar-refractivity contribution >= 4 is 0 Å². The summed E-state index contributed by atoms with van der Waals surface area (Å²) in [6.45, 7) is 15.2. The summed E-state index contributed by atoms with van der Waals surface area (Å²) >= 11 is 0. The standard InChI is InChI=1S/C16H34N2O/c1-5-16(4,12-17-9-14(2)3)13-18-8-6-7-15(10-18)11-19/h14-15,17,19H,5-13H2,1-4H3. The van der Waals surface area contributed by atoms with E-state index in [9.17, 15) is 5.11 Å². The van der Waals surface area contributed by atoms with Gasteiger partial charge in [0.05, 0.1) is 0 Å². The minimum atomic E-state index is 0.352. The number of likely N-dealkylation sites (tertiary alicyclic amines) is 1. The molecule has 1 heterocycles. The number of hydrogen-bond donors (Lipinski definition) is 2. The number of nitrogens with zero attached hydrogens (tertiary/aromatic N) is 1. The molecule has 1 saturated heterocycles. The van der Waals surface area contributed by atoms with Gasteiger partial charge in [-0.2, -0.15) is 0 Å². The highest BCUT2D eigenvalue weighted by Gasteiger charge is 2.28. The van der Waals surface area contributed by atoms with Crippen molar-refractivity contribution in [2.75, 3.05) is 39.3 Å². The largest absolute Gasteiger partial charge is 0.396 e. The predicted octanol–water partition coefficient (Wildman–Crippen LogP) is 2.35. The van der Waals surface area contributed by atoms with Gasteiger partial charge in [-0.15, -0.1) is 0 Å². The highest BCUT2D eigenvalue weighted by atomic mass is 16.3. The lowest BCUT2D eigenvalue weighted by Crippen LogP contribution is -2.46. The van der Waals surface area contributed by atoms with Crippen molar-refractivity contribution in [1.29, 1.82) is 0 Å². The van der Waals surface area contributed by atoms with Crippen molar-refractivity contribution in [3.63, 3.8) is 0 Å². The summed E-state index contributed by atoms with van der Waals surface area (Å²) in [6.07, 6.45) is 3.64. The molecule has 1 rings (SSSR count).